The fraction of sp³-hybridized carbons (Fsp3) is 0.188. The summed E-state index contributed by atoms with van der Waals surface area (Å²) in [5.74, 6) is -0.825. The summed E-state index contributed by atoms with van der Waals surface area (Å²) < 4.78 is 10.8. The molecule has 3 rings (SSSR count). The topological polar surface area (TPSA) is 96.2 Å². The van der Waals surface area contributed by atoms with Crippen molar-refractivity contribution < 1.29 is 29.6 Å². The van der Waals surface area contributed by atoms with Crippen molar-refractivity contribution in [2.75, 3.05) is 7.11 Å². The van der Waals surface area contributed by atoms with Gasteiger partial charge in [0.2, 0.25) is 5.75 Å². The molecule has 6 nitrogen and oxygen atoms in total. The number of aromatic hydroxyl groups is 3. The van der Waals surface area contributed by atoms with Crippen molar-refractivity contribution in [3.8, 4) is 28.7 Å². The first-order valence-electron chi connectivity index (χ1n) is 6.63. The summed E-state index contributed by atoms with van der Waals surface area (Å²) in [6.45, 7) is 0. The van der Waals surface area contributed by atoms with Crippen LogP contribution in [0, 0.1) is 0 Å². The molecular weight excluding hydrogens is 288 g/mol. The van der Waals surface area contributed by atoms with E-state index in [9.17, 15) is 20.1 Å². The van der Waals surface area contributed by atoms with E-state index in [0.29, 0.717) is 5.56 Å². The summed E-state index contributed by atoms with van der Waals surface area (Å²) in [5, 5.41) is 29.0. The van der Waals surface area contributed by atoms with Gasteiger partial charge in [-0.1, -0.05) is 12.1 Å². The van der Waals surface area contributed by atoms with E-state index in [4.69, 9.17) is 9.47 Å². The minimum atomic E-state index is -0.587. The molecule has 1 aliphatic heterocycles. The van der Waals surface area contributed by atoms with E-state index in [1.54, 1.807) is 12.1 Å². The number of phenolic OH excluding ortho intramolecular Hbond substituents is 3. The lowest BCUT2D eigenvalue weighted by Crippen LogP contribution is -2.21. The summed E-state index contributed by atoms with van der Waals surface area (Å²) in [6.07, 6.45) is -0.546. The number of fused-ring (bicyclic) bond motifs is 1. The van der Waals surface area contributed by atoms with Gasteiger partial charge in [-0.15, -0.1) is 0 Å². The van der Waals surface area contributed by atoms with Crippen molar-refractivity contribution in [1.82, 2.24) is 0 Å². The number of carbonyl (C=O) groups is 1. The molecule has 3 N–H and O–H groups in total. The van der Waals surface area contributed by atoms with Crippen molar-refractivity contribution in [3.63, 3.8) is 0 Å². The molecule has 2 aromatic rings. The predicted molar refractivity (Wildman–Crippen MR) is 76.7 cm³/mol. The zero-order valence-electron chi connectivity index (χ0n) is 11.7. The van der Waals surface area contributed by atoms with Gasteiger partial charge in [-0.25, -0.2) is 0 Å². The second kappa shape index (κ2) is 5.14. The van der Waals surface area contributed by atoms with Crippen LogP contribution >= 0.6 is 0 Å². The lowest BCUT2D eigenvalue weighted by molar-refractivity contribution is 0.0836. The first-order chi connectivity index (χ1) is 10.5. The molecule has 22 heavy (non-hydrogen) atoms. The average molecular weight is 302 g/mol. The zero-order chi connectivity index (χ0) is 15.9. The largest absolute Gasteiger partial charge is 0.508 e. The first-order valence-corrected chi connectivity index (χ1v) is 6.63. The Morgan fingerprint density at radius 2 is 1.82 bits per heavy atom. The summed E-state index contributed by atoms with van der Waals surface area (Å²) in [6, 6.07) is 7.34. The van der Waals surface area contributed by atoms with Gasteiger partial charge in [0.25, 0.3) is 0 Å². The lowest BCUT2D eigenvalue weighted by atomic mass is 9.95. The number of benzene rings is 2. The Labute approximate surface area is 126 Å². The fourth-order valence-corrected chi connectivity index (χ4v) is 2.52. The number of hydrogen-bond donors (Lipinski definition) is 3. The minimum absolute atomic E-state index is 0.00429. The molecule has 1 aliphatic rings. The Bertz CT molecular complexity index is 735. The summed E-state index contributed by atoms with van der Waals surface area (Å²) in [5.41, 5.74) is 0.700. The van der Waals surface area contributed by atoms with Crippen LogP contribution in [0.3, 0.4) is 0 Å². The second-order valence-corrected chi connectivity index (χ2v) is 4.98. The molecule has 0 saturated heterocycles. The number of ether oxygens (including phenoxy) is 2. The first kappa shape index (κ1) is 14.1. The molecule has 1 heterocycles. The monoisotopic (exact) mass is 302 g/mol. The molecule has 0 bridgehead atoms. The van der Waals surface area contributed by atoms with E-state index in [-0.39, 0.29) is 46.5 Å². The van der Waals surface area contributed by atoms with Crippen molar-refractivity contribution in [3.05, 3.63) is 41.5 Å². The Morgan fingerprint density at radius 3 is 2.45 bits per heavy atom. The third-order valence-electron chi connectivity index (χ3n) is 3.57. The predicted octanol–water partition coefficient (Wildman–Crippen LogP) is 2.52. The van der Waals surface area contributed by atoms with Crippen LogP contribution in [-0.4, -0.2) is 28.2 Å². The Hall–Kier alpha value is -2.89. The van der Waals surface area contributed by atoms with Gasteiger partial charge in [0.15, 0.2) is 17.3 Å². The number of methoxy groups -OCH3 is 1. The molecule has 0 fully saturated rings. The molecular formula is C16H14O6. The van der Waals surface area contributed by atoms with Gasteiger partial charge >= 0.3 is 0 Å². The van der Waals surface area contributed by atoms with Gasteiger partial charge < -0.3 is 24.8 Å². The van der Waals surface area contributed by atoms with Gasteiger partial charge in [-0.05, 0) is 17.7 Å². The van der Waals surface area contributed by atoms with Gasteiger partial charge in [-0.2, -0.15) is 0 Å². The van der Waals surface area contributed by atoms with Crippen LogP contribution in [0.5, 0.6) is 28.7 Å². The highest BCUT2D eigenvalue weighted by Gasteiger charge is 2.34. The van der Waals surface area contributed by atoms with Crippen molar-refractivity contribution >= 4 is 5.78 Å². The molecule has 0 aliphatic carbocycles. The standard InChI is InChI=1S/C16H14O6/c1-21-15-12(20)6-10(18)14-11(19)7-13(22-16(14)15)8-2-4-9(17)5-3-8/h2-6,13,17-18,20H,7H2,1H3/t13-/m0/s1. The average Bonchev–Trinajstić information content (AvgIpc) is 2.47. The molecule has 6 heteroatoms. The van der Waals surface area contributed by atoms with E-state index >= 15 is 0 Å². The van der Waals surface area contributed by atoms with Crippen molar-refractivity contribution in [1.29, 1.82) is 0 Å². The highest BCUT2D eigenvalue weighted by molar-refractivity contribution is 6.03. The van der Waals surface area contributed by atoms with Crippen molar-refractivity contribution in [2.24, 2.45) is 0 Å². The zero-order valence-corrected chi connectivity index (χ0v) is 11.7. The molecule has 1 atom stereocenters. The smallest absolute Gasteiger partial charge is 0.204 e. The minimum Gasteiger partial charge on any atom is -0.508 e. The SMILES string of the molecule is COc1c(O)cc(O)c2c1O[C@H](c1ccc(O)cc1)CC2=O. The van der Waals surface area contributed by atoms with E-state index in [0.717, 1.165) is 6.07 Å². The van der Waals surface area contributed by atoms with E-state index in [1.807, 2.05) is 0 Å². The maximum atomic E-state index is 12.3. The number of phenols is 3. The fourth-order valence-electron chi connectivity index (χ4n) is 2.52. The number of carbonyl (C=O) groups excluding carboxylic acids is 1. The molecule has 0 spiro atoms. The van der Waals surface area contributed by atoms with Crippen LogP contribution in [0.25, 0.3) is 0 Å². The quantitative estimate of drug-likeness (QED) is 0.789. The third-order valence-corrected chi connectivity index (χ3v) is 3.57. The molecule has 0 aromatic heterocycles. The maximum Gasteiger partial charge on any atom is 0.204 e. The molecule has 114 valence electrons. The van der Waals surface area contributed by atoms with Crippen LogP contribution in [0.4, 0.5) is 0 Å². The van der Waals surface area contributed by atoms with Gasteiger partial charge in [0.05, 0.1) is 13.5 Å². The highest BCUT2D eigenvalue weighted by Crippen LogP contribution is 2.49. The van der Waals surface area contributed by atoms with Crippen LogP contribution in [0.1, 0.15) is 28.4 Å². The molecule has 0 amide bonds. The van der Waals surface area contributed by atoms with Crippen LogP contribution in [0.15, 0.2) is 30.3 Å². The van der Waals surface area contributed by atoms with Crippen LogP contribution in [-0.2, 0) is 0 Å². The summed E-state index contributed by atoms with van der Waals surface area (Å²) >= 11 is 0. The maximum absolute atomic E-state index is 12.3. The van der Waals surface area contributed by atoms with E-state index in [2.05, 4.69) is 0 Å². The normalized spacial score (nSPS) is 16.8. The number of ketones is 1. The van der Waals surface area contributed by atoms with Crippen molar-refractivity contribution in [2.45, 2.75) is 12.5 Å². The number of hydrogen-bond acceptors (Lipinski definition) is 6. The Kier molecular flexibility index (Phi) is 3.29. The summed E-state index contributed by atoms with van der Waals surface area (Å²) in [7, 11) is 1.34. The Morgan fingerprint density at radius 1 is 1.14 bits per heavy atom. The molecule has 0 saturated carbocycles. The van der Waals surface area contributed by atoms with E-state index < -0.39 is 6.10 Å². The molecule has 0 radical (unpaired) electrons. The third kappa shape index (κ3) is 2.18. The number of Topliss-reactive ketones (excluding diaryl/α,β-unsaturated/α-hetero) is 1. The van der Waals surface area contributed by atoms with Crippen LogP contribution in [0.2, 0.25) is 0 Å². The Balaban J connectivity index is 2.08. The lowest BCUT2D eigenvalue weighted by Gasteiger charge is -2.27. The molecule has 0 unspecified atom stereocenters. The van der Waals surface area contributed by atoms with Gasteiger partial charge in [0.1, 0.15) is 23.2 Å². The molecule has 2 aromatic carbocycles. The van der Waals surface area contributed by atoms with Gasteiger partial charge in [0, 0.05) is 6.07 Å². The number of rotatable bonds is 2. The highest BCUT2D eigenvalue weighted by atomic mass is 16.5. The second-order valence-electron chi connectivity index (χ2n) is 4.98. The summed E-state index contributed by atoms with van der Waals surface area (Å²) in [4.78, 5) is 12.3. The van der Waals surface area contributed by atoms with E-state index in [1.165, 1.54) is 19.2 Å². The van der Waals surface area contributed by atoms with Gasteiger partial charge in [-0.3, -0.25) is 4.79 Å². The van der Waals surface area contributed by atoms with Crippen LogP contribution < -0.4 is 9.47 Å².